The highest BCUT2D eigenvalue weighted by molar-refractivity contribution is 4.84. The van der Waals surface area contributed by atoms with Gasteiger partial charge in [0.2, 0.25) is 0 Å². The van der Waals surface area contributed by atoms with E-state index in [-0.39, 0.29) is 5.54 Å². The minimum Gasteiger partial charge on any atom is -0.298 e. The summed E-state index contributed by atoms with van der Waals surface area (Å²) < 4.78 is 2.19. The Hall–Kier alpha value is -0.930. The molecule has 0 atom stereocenters. The fourth-order valence-corrected chi connectivity index (χ4v) is 3.80. The lowest BCUT2D eigenvalue weighted by Gasteiger charge is -2.38. The van der Waals surface area contributed by atoms with Crippen LogP contribution in [0.3, 0.4) is 0 Å². The highest BCUT2D eigenvalue weighted by atomic mass is 15.2. The third-order valence-electron chi connectivity index (χ3n) is 5.85. The first-order valence-corrected chi connectivity index (χ1v) is 11.8. The van der Waals surface area contributed by atoms with Crippen molar-refractivity contribution in [1.29, 1.82) is 0 Å². The van der Waals surface area contributed by atoms with Crippen LogP contribution in [0.5, 0.6) is 0 Å². The van der Waals surface area contributed by atoms with Crippen molar-refractivity contribution < 1.29 is 4.57 Å². The van der Waals surface area contributed by atoms with Crippen LogP contribution in [0.1, 0.15) is 94.4 Å². The summed E-state index contributed by atoms with van der Waals surface area (Å²) in [5.74, 6) is 0. The predicted molar refractivity (Wildman–Crippen MR) is 127 cm³/mol. The number of aromatic nitrogens is 1. The Balaban J connectivity index is 0.000000218. The summed E-state index contributed by atoms with van der Waals surface area (Å²) in [6.07, 6.45) is 11.2. The monoisotopic (exact) mass is 404 g/mol. The average Bonchev–Trinajstić information content (AvgIpc) is 3.18. The molecule has 0 saturated carbocycles. The number of hydrogen-bond acceptors (Lipinski definition) is 2. The first kappa shape index (κ1) is 26.1. The van der Waals surface area contributed by atoms with Crippen LogP contribution in [0, 0.1) is 0 Å². The summed E-state index contributed by atoms with van der Waals surface area (Å²) in [6.45, 7) is 25.6. The van der Waals surface area contributed by atoms with Crippen LogP contribution in [-0.2, 0) is 5.54 Å². The normalized spacial score (nSPS) is 19.1. The van der Waals surface area contributed by atoms with Crippen molar-refractivity contribution in [2.24, 2.45) is 0 Å². The average molecular weight is 405 g/mol. The molecule has 3 nitrogen and oxygen atoms in total. The van der Waals surface area contributed by atoms with Gasteiger partial charge < -0.3 is 0 Å². The molecule has 0 N–H and O–H groups in total. The molecule has 2 aliphatic heterocycles. The van der Waals surface area contributed by atoms with Gasteiger partial charge in [-0.2, -0.15) is 0 Å². The van der Waals surface area contributed by atoms with E-state index < -0.39 is 0 Å². The topological polar surface area (TPSA) is 10.4 Å². The van der Waals surface area contributed by atoms with Gasteiger partial charge in [-0.25, -0.2) is 4.57 Å². The van der Waals surface area contributed by atoms with Crippen LogP contribution in [0.2, 0.25) is 0 Å². The number of hydrogen-bond donors (Lipinski definition) is 0. The van der Waals surface area contributed by atoms with E-state index in [2.05, 4.69) is 89.1 Å². The second-order valence-electron chi connectivity index (χ2n) is 11.5. The van der Waals surface area contributed by atoms with Crippen LogP contribution in [-0.4, -0.2) is 47.1 Å². The van der Waals surface area contributed by atoms with Gasteiger partial charge in [0, 0.05) is 44.0 Å². The van der Waals surface area contributed by atoms with E-state index in [1.807, 2.05) is 18.2 Å². The summed E-state index contributed by atoms with van der Waals surface area (Å²) in [6, 6.07) is 6.12. The van der Waals surface area contributed by atoms with E-state index in [0.717, 1.165) is 0 Å². The lowest BCUT2D eigenvalue weighted by atomic mass is 10.0. The maximum absolute atomic E-state index is 2.58. The zero-order chi connectivity index (χ0) is 22.1. The van der Waals surface area contributed by atoms with Gasteiger partial charge in [0.25, 0.3) is 0 Å². The molecule has 3 heteroatoms. The van der Waals surface area contributed by atoms with Gasteiger partial charge in [-0.1, -0.05) is 12.5 Å². The molecule has 3 heterocycles. The Kier molecular flexibility index (Phi) is 10.3. The molecule has 0 aromatic carbocycles. The Morgan fingerprint density at radius 3 is 1.10 bits per heavy atom. The number of rotatable bonds is 0. The third kappa shape index (κ3) is 10.6. The molecule has 2 saturated heterocycles. The van der Waals surface area contributed by atoms with Crippen molar-refractivity contribution in [3.05, 3.63) is 30.6 Å². The first-order chi connectivity index (χ1) is 13.3. The summed E-state index contributed by atoms with van der Waals surface area (Å²) in [4.78, 5) is 5.13. The van der Waals surface area contributed by atoms with Gasteiger partial charge in [-0.15, -0.1) is 0 Å². The largest absolute Gasteiger partial charge is 0.298 e. The molecule has 0 bridgehead atoms. The summed E-state index contributed by atoms with van der Waals surface area (Å²) in [5.41, 5.74) is 1.03. The zero-order valence-corrected chi connectivity index (χ0v) is 21.1. The van der Waals surface area contributed by atoms with E-state index in [9.17, 15) is 0 Å². The second kappa shape index (κ2) is 11.5. The van der Waals surface area contributed by atoms with Crippen LogP contribution in [0.4, 0.5) is 0 Å². The van der Waals surface area contributed by atoms with Crippen molar-refractivity contribution in [2.75, 3.05) is 26.2 Å². The zero-order valence-electron chi connectivity index (χ0n) is 21.1. The number of piperidine rings is 1. The number of likely N-dealkylation sites (tertiary alicyclic amines) is 2. The molecular weight excluding hydrogens is 354 g/mol. The molecule has 168 valence electrons. The first-order valence-electron chi connectivity index (χ1n) is 11.8. The molecule has 2 aliphatic rings. The predicted octanol–water partition coefficient (Wildman–Crippen LogP) is 5.88. The molecular formula is C26H50N3+. The number of nitrogens with zero attached hydrogens (tertiary/aromatic N) is 3. The minimum absolute atomic E-state index is 0.210. The summed E-state index contributed by atoms with van der Waals surface area (Å²) in [7, 11) is 0. The molecule has 29 heavy (non-hydrogen) atoms. The molecule has 1 aromatic heterocycles. The summed E-state index contributed by atoms with van der Waals surface area (Å²) >= 11 is 0. The molecule has 2 fully saturated rings. The molecule has 0 amide bonds. The molecule has 0 radical (unpaired) electrons. The van der Waals surface area contributed by atoms with Gasteiger partial charge in [0.05, 0.1) is 0 Å². The van der Waals surface area contributed by atoms with E-state index in [1.54, 1.807) is 0 Å². The van der Waals surface area contributed by atoms with Gasteiger partial charge in [-0.3, -0.25) is 9.80 Å². The van der Waals surface area contributed by atoms with Gasteiger partial charge in [0.1, 0.15) is 0 Å². The van der Waals surface area contributed by atoms with Crippen LogP contribution >= 0.6 is 0 Å². The summed E-state index contributed by atoms with van der Waals surface area (Å²) in [5, 5.41) is 0. The van der Waals surface area contributed by atoms with Crippen molar-refractivity contribution in [1.82, 2.24) is 9.80 Å². The molecule has 0 aliphatic carbocycles. The van der Waals surface area contributed by atoms with Crippen molar-refractivity contribution in [3.8, 4) is 0 Å². The fourth-order valence-electron chi connectivity index (χ4n) is 3.80. The van der Waals surface area contributed by atoms with Crippen molar-refractivity contribution >= 4 is 0 Å². The molecule has 0 unspecified atom stereocenters. The quantitative estimate of drug-likeness (QED) is 0.500. The Morgan fingerprint density at radius 2 is 0.862 bits per heavy atom. The molecule has 0 spiro atoms. The van der Waals surface area contributed by atoms with Crippen molar-refractivity contribution in [3.63, 3.8) is 0 Å². The highest BCUT2D eigenvalue weighted by Crippen LogP contribution is 2.20. The third-order valence-corrected chi connectivity index (χ3v) is 5.85. The maximum Gasteiger partial charge on any atom is 0.169 e. The smallest absolute Gasteiger partial charge is 0.169 e. The standard InChI is InChI=1S/C9H19N.C9H14N.C8H17N/c2*1-9(2,3)10-7-5-4-6-8-10;1-8(2,3)9-6-4-5-7-9/h4-8H2,1-3H3;4-8H,1-3H3;4-7H2,1-3H3/q;+1;. The van der Waals surface area contributed by atoms with E-state index in [0.29, 0.717) is 11.1 Å². The van der Waals surface area contributed by atoms with Gasteiger partial charge in [0.15, 0.2) is 17.9 Å². The molecule has 3 rings (SSSR count). The van der Waals surface area contributed by atoms with Crippen LogP contribution < -0.4 is 4.57 Å². The minimum atomic E-state index is 0.210. The molecule has 1 aromatic rings. The Bertz CT molecular complexity index is 534. The van der Waals surface area contributed by atoms with E-state index in [4.69, 9.17) is 0 Å². The fraction of sp³-hybridized carbons (Fsp3) is 0.808. The lowest BCUT2D eigenvalue weighted by Crippen LogP contribution is -2.49. The number of pyridine rings is 1. The van der Waals surface area contributed by atoms with Crippen LogP contribution in [0.15, 0.2) is 30.6 Å². The van der Waals surface area contributed by atoms with Crippen molar-refractivity contribution in [2.45, 2.75) is 111 Å². The lowest BCUT2D eigenvalue weighted by molar-refractivity contribution is -0.754. The maximum atomic E-state index is 2.58. The SMILES string of the molecule is CC(C)(C)N1CCCC1.CC(C)(C)N1CCCCC1.CC(C)(C)[n+]1ccccc1. The Labute approximate surface area is 182 Å². The van der Waals surface area contributed by atoms with Gasteiger partial charge in [-0.05, 0) is 93.4 Å². The Morgan fingerprint density at radius 1 is 0.517 bits per heavy atom. The van der Waals surface area contributed by atoms with Gasteiger partial charge >= 0.3 is 0 Å². The van der Waals surface area contributed by atoms with Crippen LogP contribution in [0.25, 0.3) is 0 Å². The highest BCUT2D eigenvalue weighted by Gasteiger charge is 2.23. The second-order valence-corrected chi connectivity index (χ2v) is 11.5. The van der Waals surface area contributed by atoms with E-state index in [1.165, 1.54) is 58.3 Å². The van der Waals surface area contributed by atoms with E-state index >= 15 is 0 Å².